The normalized spacial score (nSPS) is 16.5. The summed E-state index contributed by atoms with van der Waals surface area (Å²) in [5.74, 6) is -0.658. The number of aliphatic hydroxyl groups is 1. The summed E-state index contributed by atoms with van der Waals surface area (Å²) in [6.45, 7) is 4.87. The molecule has 2 rings (SSSR count). The van der Waals surface area contributed by atoms with Crippen LogP contribution < -0.4 is 0 Å². The molecule has 110 valence electrons. The first-order valence-corrected chi connectivity index (χ1v) is 6.99. The van der Waals surface area contributed by atoms with E-state index in [9.17, 15) is 9.18 Å². The molecular formula is C14H18ClFN2O2. The molecule has 1 aliphatic heterocycles. The molecule has 0 aromatic heterocycles. The van der Waals surface area contributed by atoms with Crippen LogP contribution in [0.5, 0.6) is 0 Å². The molecule has 1 heterocycles. The molecule has 0 bridgehead atoms. The SMILES string of the molecule is Cc1cc(Cl)c(C(=O)N2CCN(CCO)CC2)cc1F. The van der Waals surface area contributed by atoms with Gasteiger partial charge in [-0.2, -0.15) is 0 Å². The van der Waals surface area contributed by atoms with Crippen molar-refractivity contribution in [1.82, 2.24) is 9.80 Å². The van der Waals surface area contributed by atoms with Crippen LogP contribution in [0.15, 0.2) is 12.1 Å². The van der Waals surface area contributed by atoms with Gasteiger partial charge in [0.2, 0.25) is 0 Å². The van der Waals surface area contributed by atoms with Gasteiger partial charge in [-0.05, 0) is 24.6 Å². The molecule has 1 N–H and O–H groups in total. The smallest absolute Gasteiger partial charge is 0.255 e. The third kappa shape index (κ3) is 3.29. The summed E-state index contributed by atoms with van der Waals surface area (Å²) in [5.41, 5.74) is 0.643. The number of carbonyl (C=O) groups is 1. The summed E-state index contributed by atoms with van der Waals surface area (Å²) in [7, 11) is 0. The first kappa shape index (κ1) is 15.2. The number of β-amino-alcohol motifs (C(OH)–C–C–N with tert-alkyl or cyclic N) is 1. The number of benzene rings is 1. The Morgan fingerprint density at radius 2 is 2.00 bits per heavy atom. The predicted octanol–water partition coefficient (Wildman–Crippen LogP) is 1.54. The van der Waals surface area contributed by atoms with E-state index in [4.69, 9.17) is 16.7 Å². The lowest BCUT2D eigenvalue weighted by molar-refractivity contribution is 0.0614. The molecule has 1 aromatic carbocycles. The Kier molecular flexibility index (Phi) is 4.96. The van der Waals surface area contributed by atoms with Crippen molar-refractivity contribution in [3.05, 3.63) is 34.1 Å². The van der Waals surface area contributed by atoms with Crippen molar-refractivity contribution in [3.63, 3.8) is 0 Å². The van der Waals surface area contributed by atoms with E-state index in [1.54, 1.807) is 11.8 Å². The van der Waals surface area contributed by atoms with Gasteiger partial charge >= 0.3 is 0 Å². The van der Waals surface area contributed by atoms with E-state index in [2.05, 4.69) is 4.90 Å². The average Bonchev–Trinajstić information content (AvgIpc) is 2.43. The summed E-state index contributed by atoms with van der Waals surface area (Å²) < 4.78 is 13.6. The van der Waals surface area contributed by atoms with Gasteiger partial charge in [-0.15, -0.1) is 0 Å². The molecule has 1 aliphatic rings. The van der Waals surface area contributed by atoms with Crippen molar-refractivity contribution >= 4 is 17.5 Å². The lowest BCUT2D eigenvalue weighted by Gasteiger charge is -2.34. The summed E-state index contributed by atoms with van der Waals surface area (Å²) in [5, 5.41) is 9.17. The highest BCUT2D eigenvalue weighted by molar-refractivity contribution is 6.33. The van der Waals surface area contributed by atoms with E-state index in [0.717, 1.165) is 0 Å². The molecule has 1 saturated heterocycles. The maximum absolute atomic E-state index is 13.6. The zero-order chi connectivity index (χ0) is 14.7. The van der Waals surface area contributed by atoms with Gasteiger partial charge in [-0.3, -0.25) is 9.69 Å². The predicted molar refractivity (Wildman–Crippen MR) is 75.6 cm³/mol. The quantitative estimate of drug-likeness (QED) is 0.921. The standard InChI is InChI=1S/C14H18ClFN2O2/c1-10-8-12(15)11(9-13(10)16)14(20)18-4-2-17(3-5-18)6-7-19/h8-9,19H,2-7H2,1H3. The Morgan fingerprint density at radius 3 is 2.60 bits per heavy atom. The van der Waals surface area contributed by atoms with Crippen LogP contribution in [0.3, 0.4) is 0 Å². The second-order valence-corrected chi connectivity index (χ2v) is 5.35. The molecule has 0 spiro atoms. The fourth-order valence-corrected chi connectivity index (χ4v) is 2.60. The average molecular weight is 301 g/mol. The van der Waals surface area contributed by atoms with Crippen LogP contribution in [-0.4, -0.2) is 60.1 Å². The molecular weight excluding hydrogens is 283 g/mol. The zero-order valence-corrected chi connectivity index (χ0v) is 12.2. The molecule has 0 aliphatic carbocycles. The Morgan fingerprint density at radius 1 is 1.35 bits per heavy atom. The van der Waals surface area contributed by atoms with Crippen molar-refractivity contribution in [2.75, 3.05) is 39.3 Å². The van der Waals surface area contributed by atoms with E-state index < -0.39 is 5.82 Å². The first-order chi connectivity index (χ1) is 9.52. The molecule has 4 nitrogen and oxygen atoms in total. The number of halogens is 2. The first-order valence-electron chi connectivity index (χ1n) is 6.61. The largest absolute Gasteiger partial charge is 0.395 e. The van der Waals surface area contributed by atoms with Crippen LogP contribution >= 0.6 is 11.6 Å². The number of hydrogen-bond acceptors (Lipinski definition) is 3. The third-order valence-corrected chi connectivity index (χ3v) is 3.87. The van der Waals surface area contributed by atoms with Gasteiger partial charge in [0.15, 0.2) is 0 Å². The molecule has 1 fully saturated rings. The number of piperazine rings is 1. The van der Waals surface area contributed by atoms with Crippen molar-refractivity contribution in [2.45, 2.75) is 6.92 Å². The van der Waals surface area contributed by atoms with Gasteiger partial charge < -0.3 is 10.0 Å². The van der Waals surface area contributed by atoms with Gasteiger partial charge in [0.1, 0.15) is 5.82 Å². The lowest BCUT2D eigenvalue weighted by atomic mass is 10.1. The minimum absolute atomic E-state index is 0.114. The number of aryl methyl sites for hydroxylation is 1. The number of aliphatic hydroxyl groups excluding tert-OH is 1. The van der Waals surface area contributed by atoms with Crippen molar-refractivity contribution in [3.8, 4) is 0 Å². The Hall–Kier alpha value is -1.17. The van der Waals surface area contributed by atoms with Crippen molar-refractivity contribution in [2.24, 2.45) is 0 Å². The van der Waals surface area contributed by atoms with Gasteiger partial charge in [0.05, 0.1) is 17.2 Å². The van der Waals surface area contributed by atoms with E-state index in [1.807, 2.05) is 0 Å². The van der Waals surface area contributed by atoms with Gasteiger partial charge in [0, 0.05) is 32.7 Å². The second kappa shape index (κ2) is 6.52. The van der Waals surface area contributed by atoms with Crippen LogP contribution in [0.25, 0.3) is 0 Å². The molecule has 0 radical (unpaired) electrons. The lowest BCUT2D eigenvalue weighted by Crippen LogP contribution is -2.49. The van der Waals surface area contributed by atoms with Crippen LogP contribution in [0.2, 0.25) is 5.02 Å². The van der Waals surface area contributed by atoms with Gasteiger partial charge in [-0.25, -0.2) is 4.39 Å². The maximum atomic E-state index is 13.6. The number of amides is 1. The maximum Gasteiger partial charge on any atom is 0.255 e. The Labute approximate surface area is 122 Å². The summed E-state index contributed by atoms with van der Waals surface area (Å²) in [6.07, 6.45) is 0. The van der Waals surface area contributed by atoms with Crippen molar-refractivity contribution < 1.29 is 14.3 Å². The summed E-state index contributed by atoms with van der Waals surface area (Å²) >= 11 is 6.04. The highest BCUT2D eigenvalue weighted by Gasteiger charge is 2.24. The minimum atomic E-state index is -0.420. The summed E-state index contributed by atoms with van der Waals surface area (Å²) in [6, 6.07) is 2.69. The second-order valence-electron chi connectivity index (χ2n) is 4.94. The molecule has 6 heteroatoms. The fraction of sp³-hybridized carbons (Fsp3) is 0.500. The van der Waals surface area contributed by atoms with Crippen LogP contribution in [-0.2, 0) is 0 Å². The summed E-state index contributed by atoms with van der Waals surface area (Å²) in [4.78, 5) is 16.1. The monoisotopic (exact) mass is 300 g/mol. The number of hydrogen-bond donors (Lipinski definition) is 1. The molecule has 0 unspecified atom stereocenters. The van der Waals surface area contributed by atoms with Crippen LogP contribution in [0, 0.1) is 12.7 Å². The van der Waals surface area contributed by atoms with Gasteiger partial charge in [-0.1, -0.05) is 11.6 Å². The molecule has 0 saturated carbocycles. The topological polar surface area (TPSA) is 43.8 Å². The van der Waals surface area contributed by atoms with Crippen LogP contribution in [0.1, 0.15) is 15.9 Å². The molecule has 1 aromatic rings. The van der Waals surface area contributed by atoms with Gasteiger partial charge in [0.25, 0.3) is 5.91 Å². The molecule has 1 amide bonds. The Bertz CT molecular complexity index is 502. The van der Waals surface area contributed by atoms with E-state index in [0.29, 0.717) is 38.3 Å². The third-order valence-electron chi connectivity index (χ3n) is 3.55. The highest BCUT2D eigenvalue weighted by atomic mass is 35.5. The van der Waals surface area contributed by atoms with Crippen LogP contribution in [0.4, 0.5) is 4.39 Å². The Balaban J connectivity index is 2.07. The van der Waals surface area contributed by atoms with E-state index >= 15 is 0 Å². The molecule has 0 atom stereocenters. The minimum Gasteiger partial charge on any atom is -0.395 e. The highest BCUT2D eigenvalue weighted by Crippen LogP contribution is 2.22. The number of nitrogens with zero attached hydrogens (tertiary/aromatic N) is 2. The van der Waals surface area contributed by atoms with Crippen molar-refractivity contribution in [1.29, 1.82) is 0 Å². The molecule has 20 heavy (non-hydrogen) atoms. The fourth-order valence-electron chi connectivity index (χ4n) is 2.30. The zero-order valence-electron chi connectivity index (χ0n) is 11.4. The number of carbonyl (C=O) groups excluding carboxylic acids is 1. The number of rotatable bonds is 3. The van der Waals surface area contributed by atoms with E-state index in [-0.39, 0.29) is 23.1 Å². The van der Waals surface area contributed by atoms with E-state index in [1.165, 1.54) is 12.1 Å².